The van der Waals surface area contributed by atoms with Crippen molar-refractivity contribution in [3.8, 4) is 0 Å². The van der Waals surface area contributed by atoms with Crippen LogP contribution in [0, 0.1) is 10.1 Å². The molecule has 3 rings (SSSR count). The second-order valence-corrected chi connectivity index (χ2v) is 7.27. The molecular formula is C23H21ClN2O3. The first-order valence-corrected chi connectivity index (χ1v) is 9.60. The van der Waals surface area contributed by atoms with E-state index in [4.69, 9.17) is 11.6 Å². The van der Waals surface area contributed by atoms with Crippen LogP contribution in [-0.4, -0.2) is 22.8 Å². The second kappa shape index (κ2) is 9.34. The van der Waals surface area contributed by atoms with Crippen LogP contribution in [0.2, 0.25) is 5.02 Å². The van der Waals surface area contributed by atoms with Gasteiger partial charge in [0.15, 0.2) is 0 Å². The monoisotopic (exact) mass is 408 g/mol. The molecule has 0 spiro atoms. The van der Waals surface area contributed by atoms with Crippen LogP contribution in [0.5, 0.6) is 0 Å². The topological polar surface area (TPSA) is 63.4 Å². The highest BCUT2D eigenvalue weighted by atomic mass is 35.5. The predicted molar refractivity (Wildman–Crippen MR) is 114 cm³/mol. The van der Waals surface area contributed by atoms with Crippen molar-refractivity contribution in [1.29, 1.82) is 0 Å². The van der Waals surface area contributed by atoms with Crippen molar-refractivity contribution >= 4 is 23.2 Å². The molecule has 0 saturated carbocycles. The van der Waals surface area contributed by atoms with Gasteiger partial charge in [0.1, 0.15) is 0 Å². The number of hydrogen-bond acceptors (Lipinski definition) is 3. The van der Waals surface area contributed by atoms with Gasteiger partial charge in [0, 0.05) is 43.1 Å². The maximum absolute atomic E-state index is 13.0. The summed E-state index contributed by atoms with van der Waals surface area (Å²) in [6.07, 6.45) is 0.289. The van der Waals surface area contributed by atoms with E-state index in [0.717, 1.165) is 11.1 Å². The molecule has 3 aromatic carbocycles. The Morgan fingerprint density at radius 2 is 1.55 bits per heavy atom. The lowest BCUT2D eigenvalue weighted by molar-refractivity contribution is -0.384. The van der Waals surface area contributed by atoms with Crippen molar-refractivity contribution in [2.24, 2.45) is 0 Å². The molecule has 0 unspecified atom stereocenters. The lowest BCUT2D eigenvalue weighted by atomic mass is 9.88. The first kappa shape index (κ1) is 20.6. The summed E-state index contributed by atoms with van der Waals surface area (Å²) < 4.78 is 0. The number of carbonyl (C=O) groups is 1. The summed E-state index contributed by atoms with van der Waals surface area (Å²) in [5.74, 6) is -0.141. The van der Waals surface area contributed by atoms with Crippen LogP contribution in [0.1, 0.15) is 29.0 Å². The van der Waals surface area contributed by atoms with E-state index in [-0.39, 0.29) is 30.5 Å². The van der Waals surface area contributed by atoms with E-state index in [1.54, 1.807) is 11.9 Å². The Morgan fingerprint density at radius 1 is 1.00 bits per heavy atom. The Balaban J connectivity index is 1.80. The summed E-state index contributed by atoms with van der Waals surface area (Å²) >= 11 is 6.19. The first-order chi connectivity index (χ1) is 14.0. The lowest BCUT2D eigenvalue weighted by Gasteiger charge is -2.23. The highest BCUT2D eigenvalue weighted by Crippen LogP contribution is 2.29. The molecule has 0 aliphatic carbocycles. The summed E-state index contributed by atoms with van der Waals surface area (Å²) in [4.78, 5) is 25.1. The third-order valence-electron chi connectivity index (χ3n) is 4.86. The average Bonchev–Trinajstić information content (AvgIpc) is 2.74. The molecule has 0 aromatic heterocycles. The Hall–Kier alpha value is -3.18. The van der Waals surface area contributed by atoms with E-state index >= 15 is 0 Å². The van der Waals surface area contributed by atoms with Gasteiger partial charge in [-0.1, -0.05) is 72.3 Å². The van der Waals surface area contributed by atoms with Crippen LogP contribution < -0.4 is 0 Å². The number of benzene rings is 3. The fourth-order valence-electron chi connectivity index (χ4n) is 3.27. The molecule has 0 radical (unpaired) electrons. The maximum Gasteiger partial charge on any atom is 0.269 e. The minimum Gasteiger partial charge on any atom is -0.341 e. The zero-order valence-corrected chi connectivity index (χ0v) is 16.8. The van der Waals surface area contributed by atoms with Crippen LogP contribution in [0.25, 0.3) is 0 Å². The lowest BCUT2D eigenvalue weighted by Crippen LogP contribution is -2.28. The molecule has 0 saturated heterocycles. The quantitative estimate of drug-likeness (QED) is 0.387. The van der Waals surface area contributed by atoms with Crippen molar-refractivity contribution < 1.29 is 9.72 Å². The summed E-state index contributed by atoms with van der Waals surface area (Å²) in [7, 11) is 1.69. The molecule has 148 valence electrons. The van der Waals surface area contributed by atoms with Crippen LogP contribution >= 0.6 is 11.6 Å². The minimum absolute atomic E-state index is 0.0447. The molecule has 0 N–H and O–H groups in total. The van der Waals surface area contributed by atoms with Gasteiger partial charge in [-0.15, -0.1) is 0 Å². The van der Waals surface area contributed by atoms with Crippen molar-refractivity contribution in [2.45, 2.75) is 18.9 Å². The van der Waals surface area contributed by atoms with Gasteiger partial charge >= 0.3 is 0 Å². The van der Waals surface area contributed by atoms with Gasteiger partial charge in [0.2, 0.25) is 5.91 Å². The van der Waals surface area contributed by atoms with Crippen LogP contribution in [0.3, 0.4) is 0 Å². The molecule has 0 bridgehead atoms. The van der Waals surface area contributed by atoms with Crippen molar-refractivity contribution in [2.75, 3.05) is 7.05 Å². The smallest absolute Gasteiger partial charge is 0.269 e. The van der Waals surface area contributed by atoms with E-state index in [1.165, 1.54) is 18.2 Å². The molecule has 29 heavy (non-hydrogen) atoms. The molecule has 0 aliphatic rings. The fraction of sp³-hybridized carbons (Fsp3) is 0.174. The first-order valence-electron chi connectivity index (χ1n) is 9.22. The molecule has 5 nitrogen and oxygen atoms in total. The standard InChI is InChI=1S/C23H21ClN2O3/c1-25(16-19-14-20(26(28)29)12-13-22(19)24)23(27)15-21(17-8-4-2-5-9-17)18-10-6-3-7-11-18/h2-14,21H,15-16H2,1H3. The van der Waals surface area contributed by atoms with Gasteiger partial charge in [-0.05, 0) is 22.8 Å². The maximum atomic E-state index is 13.0. The zero-order valence-electron chi connectivity index (χ0n) is 16.0. The number of carbonyl (C=O) groups excluding carboxylic acids is 1. The number of non-ortho nitro benzene ring substituents is 1. The normalized spacial score (nSPS) is 10.7. The van der Waals surface area contributed by atoms with Gasteiger partial charge in [0.05, 0.1) is 4.92 Å². The number of nitro groups is 1. The largest absolute Gasteiger partial charge is 0.341 e. The van der Waals surface area contributed by atoms with Gasteiger partial charge in [-0.25, -0.2) is 0 Å². The number of hydrogen-bond donors (Lipinski definition) is 0. The summed E-state index contributed by atoms with van der Waals surface area (Å²) in [6, 6.07) is 24.1. The SMILES string of the molecule is CN(Cc1cc([N+](=O)[O-])ccc1Cl)C(=O)CC(c1ccccc1)c1ccccc1. The van der Waals surface area contributed by atoms with E-state index in [1.807, 2.05) is 60.7 Å². The Kier molecular flexibility index (Phi) is 6.62. The molecule has 0 atom stereocenters. The summed E-state index contributed by atoms with van der Waals surface area (Å²) in [6.45, 7) is 0.204. The van der Waals surface area contributed by atoms with Crippen LogP contribution in [-0.2, 0) is 11.3 Å². The molecule has 0 fully saturated rings. The second-order valence-electron chi connectivity index (χ2n) is 6.86. The minimum atomic E-state index is -0.470. The molecular weight excluding hydrogens is 388 g/mol. The molecule has 6 heteroatoms. The average molecular weight is 409 g/mol. The van der Waals surface area contributed by atoms with Crippen LogP contribution in [0.4, 0.5) is 5.69 Å². The summed E-state index contributed by atoms with van der Waals surface area (Å²) in [5, 5.41) is 11.4. The number of amides is 1. The molecule has 3 aromatic rings. The van der Waals surface area contributed by atoms with Gasteiger partial charge in [0.25, 0.3) is 5.69 Å². The molecule has 0 heterocycles. The van der Waals surface area contributed by atoms with E-state index in [2.05, 4.69) is 0 Å². The van der Waals surface area contributed by atoms with E-state index in [0.29, 0.717) is 10.6 Å². The van der Waals surface area contributed by atoms with Crippen molar-refractivity contribution in [3.05, 3.63) is 111 Å². The van der Waals surface area contributed by atoms with Crippen LogP contribution in [0.15, 0.2) is 78.9 Å². The Bertz CT molecular complexity index is 954. The fourth-order valence-corrected chi connectivity index (χ4v) is 3.45. The van der Waals surface area contributed by atoms with Gasteiger partial charge in [-0.3, -0.25) is 14.9 Å². The Morgan fingerprint density at radius 3 is 2.07 bits per heavy atom. The number of halogens is 1. The third kappa shape index (κ3) is 5.21. The Labute approximate surface area is 174 Å². The number of nitro benzene ring substituents is 1. The number of rotatable bonds is 7. The van der Waals surface area contributed by atoms with E-state index < -0.39 is 4.92 Å². The summed E-state index contributed by atoms with van der Waals surface area (Å²) in [5.41, 5.74) is 2.63. The molecule has 0 aliphatic heterocycles. The van der Waals surface area contributed by atoms with Gasteiger partial charge in [-0.2, -0.15) is 0 Å². The van der Waals surface area contributed by atoms with E-state index in [9.17, 15) is 14.9 Å². The number of nitrogens with zero attached hydrogens (tertiary/aromatic N) is 2. The van der Waals surface area contributed by atoms with Gasteiger partial charge < -0.3 is 4.90 Å². The highest BCUT2D eigenvalue weighted by molar-refractivity contribution is 6.31. The van der Waals surface area contributed by atoms with Crippen molar-refractivity contribution in [3.63, 3.8) is 0 Å². The molecule has 1 amide bonds. The van der Waals surface area contributed by atoms with Crippen molar-refractivity contribution in [1.82, 2.24) is 4.90 Å². The predicted octanol–water partition coefficient (Wildman–Crippen LogP) is 5.43. The zero-order chi connectivity index (χ0) is 20.8. The third-order valence-corrected chi connectivity index (χ3v) is 5.22. The highest BCUT2D eigenvalue weighted by Gasteiger charge is 2.21.